The standard InChI is InChI=1S/C18H23NO/c19-17-9-3-1-2-4-10-18(17)20-16-12-11-14-7-5-6-8-15(14)13-16/h5-8,11-13,17-18H,1-4,9-10,19H2. The summed E-state index contributed by atoms with van der Waals surface area (Å²) in [6, 6.07) is 14.9. The van der Waals surface area contributed by atoms with Crippen LogP contribution in [0.15, 0.2) is 42.5 Å². The molecule has 1 saturated carbocycles. The molecule has 0 saturated heterocycles. The second-order valence-electron chi connectivity index (χ2n) is 5.82. The number of rotatable bonds is 2. The van der Waals surface area contributed by atoms with Crippen LogP contribution in [-0.2, 0) is 0 Å². The van der Waals surface area contributed by atoms with E-state index in [0.717, 1.165) is 18.6 Å². The summed E-state index contributed by atoms with van der Waals surface area (Å²) < 4.78 is 6.19. The van der Waals surface area contributed by atoms with Crippen LogP contribution in [0.25, 0.3) is 10.8 Å². The molecule has 1 aliphatic rings. The molecule has 2 aromatic rings. The zero-order valence-corrected chi connectivity index (χ0v) is 11.9. The Bertz CT molecular complexity index is 566. The molecule has 2 heteroatoms. The molecule has 20 heavy (non-hydrogen) atoms. The van der Waals surface area contributed by atoms with Gasteiger partial charge in [0.15, 0.2) is 0 Å². The van der Waals surface area contributed by atoms with Crippen molar-refractivity contribution in [1.82, 2.24) is 0 Å². The Kier molecular flexibility index (Phi) is 4.22. The highest BCUT2D eigenvalue weighted by Crippen LogP contribution is 2.25. The van der Waals surface area contributed by atoms with Crippen LogP contribution < -0.4 is 10.5 Å². The van der Waals surface area contributed by atoms with Gasteiger partial charge in [-0.15, -0.1) is 0 Å². The van der Waals surface area contributed by atoms with E-state index < -0.39 is 0 Å². The molecule has 0 aliphatic heterocycles. The molecule has 2 N–H and O–H groups in total. The molecule has 0 bridgehead atoms. The quantitative estimate of drug-likeness (QED) is 0.883. The third kappa shape index (κ3) is 3.13. The molecule has 2 nitrogen and oxygen atoms in total. The number of hydrogen-bond acceptors (Lipinski definition) is 2. The predicted octanol–water partition coefficient (Wildman–Crippen LogP) is 4.27. The monoisotopic (exact) mass is 269 g/mol. The fraction of sp³-hybridized carbons (Fsp3) is 0.444. The summed E-state index contributed by atoms with van der Waals surface area (Å²) in [5, 5.41) is 2.48. The zero-order valence-electron chi connectivity index (χ0n) is 11.9. The first-order valence-corrected chi connectivity index (χ1v) is 7.74. The van der Waals surface area contributed by atoms with Crippen molar-refractivity contribution in [3.63, 3.8) is 0 Å². The van der Waals surface area contributed by atoms with Crippen molar-refractivity contribution in [1.29, 1.82) is 0 Å². The Labute approximate surface area is 120 Å². The van der Waals surface area contributed by atoms with Gasteiger partial charge in [-0.25, -0.2) is 0 Å². The van der Waals surface area contributed by atoms with Crippen molar-refractivity contribution < 1.29 is 4.74 Å². The number of benzene rings is 2. The summed E-state index contributed by atoms with van der Waals surface area (Å²) in [4.78, 5) is 0. The predicted molar refractivity (Wildman–Crippen MR) is 84.0 cm³/mol. The molecular formula is C18H23NO. The lowest BCUT2D eigenvalue weighted by Gasteiger charge is -2.27. The average molecular weight is 269 g/mol. The van der Waals surface area contributed by atoms with Gasteiger partial charge in [-0.2, -0.15) is 0 Å². The van der Waals surface area contributed by atoms with Gasteiger partial charge in [-0.3, -0.25) is 0 Å². The van der Waals surface area contributed by atoms with E-state index in [9.17, 15) is 0 Å². The number of fused-ring (bicyclic) bond motifs is 1. The largest absolute Gasteiger partial charge is 0.489 e. The van der Waals surface area contributed by atoms with Gasteiger partial charge >= 0.3 is 0 Å². The zero-order chi connectivity index (χ0) is 13.8. The van der Waals surface area contributed by atoms with E-state index in [1.165, 1.54) is 36.5 Å². The molecule has 0 amide bonds. The smallest absolute Gasteiger partial charge is 0.120 e. The summed E-state index contributed by atoms with van der Waals surface area (Å²) in [5.41, 5.74) is 6.28. The van der Waals surface area contributed by atoms with Crippen molar-refractivity contribution in [2.45, 2.75) is 50.7 Å². The highest BCUT2D eigenvalue weighted by Gasteiger charge is 2.21. The van der Waals surface area contributed by atoms with Crippen molar-refractivity contribution in [3.05, 3.63) is 42.5 Å². The van der Waals surface area contributed by atoms with Crippen molar-refractivity contribution in [2.75, 3.05) is 0 Å². The van der Waals surface area contributed by atoms with Crippen LogP contribution in [-0.4, -0.2) is 12.1 Å². The van der Waals surface area contributed by atoms with Crippen LogP contribution in [0.2, 0.25) is 0 Å². The summed E-state index contributed by atoms with van der Waals surface area (Å²) in [6.45, 7) is 0. The molecule has 2 atom stereocenters. The minimum atomic E-state index is 0.163. The fourth-order valence-corrected chi connectivity index (χ4v) is 3.04. The molecular weight excluding hydrogens is 246 g/mol. The van der Waals surface area contributed by atoms with Crippen LogP contribution in [0.4, 0.5) is 0 Å². The third-order valence-electron chi connectivity index (χ3n) is 4.26. The normalized spacial score (nSPS) is 24.1. The third-order valence-corrected chi connectivity index (χ3v) is 4.26. The van der Waals surface area contributed by atoms with Crippen LogP contribution in [0.3, 0.4) is 0 Å². The van der Waals surface area contributed by atoms with E-state index in [-0.39, 0.29) is 12.1 Å². The van der Waals surface area contributed by atoms with E-state index in [4.69, 9.17) is 10.5 Å². The van der Waals surface area contributed by atoms with Crippen LogP contribution in [0.1, 0.15) is 38.5 Å². The van der Waals surface area contributed by atoms with Gasteiger partial charge in [-0.1, -0.05) is 49.6 Å². The second-order valence-corrected chi connectivity index (χ2v) is 5.82. The van der Waals surface area contributed by atoms with E-state index in [0.29, 0.717) is 0 Å². The van der Waals surface area contributed by atoms with Crippen LogP contribution >= 0.6 is 0 Å². The number of hydrogen-bond donors (Lipinski definition) is 1. The molecule has 0 heterocycles. The Morgan fingerprint density at radius 3 is 2.45 bits per heavy atom. The average Bonchev–Trinajstić information content (AvgIpc) is 2.47. The molecule has 0 spiro atoms. The molecule has 1 fully saturated rings. The molecule has 1 aliphatic carbocycles. The molecule has 0 radical (unpaired) electrons. The van der Waals surface area contributed by atoms with E-state index in [1.54, 1.807) is 0 Å². The molecule has 106 valence electrons. The van der Waals surface area contributed by atoms with E-state index in [1.807, 2.05) is 0 Å². The van der Waals surface area contributed by atoms with Gasteiger partial charge < -0.3 is 10.5 Å². The SMILES string of the molecule is NC1CCCCCCC1Oc1ccc2ccccc2c1. The first kappa shape index (κ1) is 13.4. The Morgan fingerprint density at radius 1 is 0.850 bits per heavy atom. The highest BCUT2D eigenvalue weighted by atomic mass is 16.5. The van der Waals surface area contributed by atoms with Gasteiger partial charge in [0.1, 0.15) is 11.9 Å². The maximum atomic E-state index is 6.28. The second kappa shape index (κ2) is 6.27. The molecule has 3 rings (SSSR count). The van der Waals surface area contributed by atoms with Gasteiger partial charge in [-0.05, 0) is 42.2 Å². The lowest BCUT2D eigenvalue weighted by atomic mass is 9.95. The van der Waals surface area contributed by atoms with Gasteiger partial charge in [0.05, 0.1) is 0 Å². The lowest BCUT2D eigenvalue weighted by molar-refractivity contribution is 0.145. The molecule has 0 aromatic heterocycles. The van der Waals surface area contributed by atoms with E-state index >= 15 is 0 Å². The lowest BCUT2D eigenvalue weighted by Crippen LogP contribution is -2.39. The first-order valence-electron chi connectivity index (χ1n) is 7.74. The number of nitrogens with two attached hydrogens (primary N) is 1. The van der Waals surface area contributed by atoms with Crippen LogP contribution in [0.5, 0.6) is 5.75 Å². The number of ether oxygens (including phenoxy) is 1. The summed E-state index contributed by atoms with van der Waals surface area (Å²) in [7, 11) is 0. The van der Waals surface area contributed by atoms with E-state index in [2.05, 4.69) is 42.5 Å². The summed E-state index contributed by atoms with van der Waals surface area (Å²) in [5.74, 6) is 0.949. The minimum absolute atomic E-state index is 0.163. The Morgan fingerprint density at radius 2 is 1.60 bits per heavy atom. The topological polar surface area (TPSA) is 35.2 Å². The molecule has 2 unspecified atom stereocenters. The molecule has 2 aromatic carbocycles. The summed E-state index contributed by atoms with van der Waals surface area (Å²) >= 11 is 0. The Hall–Kier alpha value is -1.54. The fourth-order valence-electron chi connectivity index (χ4n) is 3.04. The maximum Gasteiger partial charge on any atom is 0.120 e. The maximum absolute atomic E-state index is 6.28. The van der Waals surface area contributed by atoms with Crippen LogP contribution in [0, 0.1) is 0 Å². The Balaban J connectivity index is 1.76. The van der Waals surface area contributed by atoms with Crippen molar-refractivity contribution >= 4 is 10.8 Å². The van der Waals surface area contributed by atoms with Crippen molar-refractivity contribution in [3.8, 4) is 5.75 Å². The van der Waals surface area contributed by atoms with Gasteiger partial charge in [0.25, 0.3) is 0 Å². The minimum Gasteiger partial charge on any atom is -0.489 e. The first-order chi connectivity index (χ1) is 9.83. The van der Waals surface area contributed by atoms with Crippen molar-refractivity contribution in [2.24, 2.45) is 5.73 Å². The summed E-state index contributed by atoms with van der Waals surface area (Å²) in [6.07, 6.45) is 7.41. The van der Waals surface area contributed by atoms with Gasteiger partial charge in [0, 0.05) is 6.04 Å². The highest BCUT2D eigenvalue weighted by molar-refractivity contribution is 5.83. The van der Waals surface area contributed by atoms with Gasteiger partial charge in [0.2, 0.25) is 0 Å².